The van der Waals surface area contributed by atoms with E-state index in [1.807, 2.05) is 41.5 Å². The van der Waals surface area contributed by atoms with Gasteiger partial charge in [0.25, 0.3) is 0 Å². The van der Waals surface area contributed by atoms with Gasteiger partial charge < -0.3 is 5.32 Å². The van der Waals surface area contributed by atoms with E-state index in [1.54, 1.807) is 0 Å². The van der Waals surface area contributed by atoms with Crippen LogP contribution in [0, 0.1) is 10.8 Å². The summed E-state index contributed by atoms with van der Waals surface area (Å²) >= 11 is 0. The average Bonchev–Trinajstić information content (AvgIpc) is 2.31. The second-order valence-corrected chi connectivity index (χ2v) is 7.65. The van der Waals surface area contributed by atoms with Crippen LogP contribution in [0.4, 0.5) is 0 Å². The molecule has 0 aromatic heterocycles. The van der Waals surface area contributed by atoms with Crippen molar-refractivity contribution in [2.24, 2.45) is 10.8 Å². The molecule has 0 bridgehead atoms. The predicted molar refractivity (Wildman–Crippen MR) is 85.0 cm³/mol. The quantitative estimate of drug-likeness (QED) is 0.699. The lowest BCUT2D eigenvalue weighted by molar-refractivity contribution is -0.127. The molecule has 0 aliphatic rings. The van der Waals surface area contributed by atoms with E-state index in [-0.39, 0.29) is 28.3 Å². The fraction of sp³-hybridized carbons (Fsp3) is 0.824. The number of amides is 1. The van der Waals surface area contributed by atoms with Crippen molar-refractivity contribution >= 4 is 17.5 Å². The standard InChI is InChI=1S/C17H31NO3/c1-16(2,3)13(19)9-7-8-10-15(21)18-12-11-14(20)17(4,5)6/h7-12H2,1-6H3,(H,18,21). The Morgan fingerprint density at radius 1 is 0.714 bits per heavy atom. The maximum atomic E-state index is 11.7. The molecular weight excluding hydrogens is 266 g/mol. The Labute approximate surface area is 129 Å². The minimum atomic E-state index is -0.349. The molecule has 0 radical (unpaired) electrons. The third-order valence-electron chi connectivity index (χ3n) is 3.40. The second-order valence-electron chi connectivity index (χ2n) is 7.65. The maximum absolute atomic E-state index is 11.7. The molecule has 0 saturated heterocycles. The van der Waals surface area contributed by atoms with Crippen molar-refractivity contribution in [3.8, 4) is 0 Å². The van der Waals surface area contributed by atoms with Crippen molar-refractivity contribution in [3.63, 3.8) is 0 Å². The molecule has 1 N–H and O–H groups in total. The largest absolute Gasteiger partial charge is 0.356 e. The molecule has 0 aliphatic heterocycles. The molecule has 0 aromatic rings. The summed E-state index contributed by atoms with van der Waals surface area (Å²) in [6.45, 7) is 11.8. The lowest BCUT2D eigenvalue weighted by Crippen LogP contribution is -2.29. The monoisotopic (exact) mass is 297 g/mol. The normalized spacial score (nSPS) is 12.1. The van der Waals surface area contributed by atoms with Gasteiger partial charge in [-0.15, -0.1) is 0 Å². The Morgan fingerprint density at radius 3 is 1.62 bits per heavy atom. The van der Waals surface area contributed by atoms with Gasteiger partial charge >= 0.3 is 0 Å². The Bertz CT molecular complexity index is 372. The van der Waals surface area contributed by atoms with Crippen molar-refractivity contribution < 1.29 is 14.4 Å². The molecule has 0 unspecified atom stereocenters. The smallest absolute Gasteiger partial charge is 0.220 e. The fourth-order valence-electron chi connectivity index (χ4n) is 1.72. The number of Topliss-reactive ketones (excluding diaryl/α,β-unsaturated/α-hetero) is 2. The van der Waals surface area contributed by atoms with Gasteiger partial charge in [-0.1, -0.05) is 41.5 Å². The molecule has 0 spiro atoms. The molecular formula is C17H31NO3. The SMILES string of the molecule is CC(C)(C)C(=O)CCCCC(=O)NCCC(=O)C(C)(C)C. The van der Waals surface area contributed by atoms with Crippen LogP contribution < -0.4 is 5.32 Å². The third kappa shape index (κ3) is 9.38. The summed E-state index contributed by atoms with van der Waals surface area (Å²) in [7, 11) is 0. The molecule has 0 aromatic carbocycles. The van der Waals surface area contributed by atoms with Gasteiger partial charge in [0.15, 0.2) is 0 Å². The summed E-state index contributed by atoms with van der Waals surface area (Å²) in [6.07, 6.45) is 2.77. The Morgan fingerprint density at radius 2 is 1.14 bits per heavy atom. The number of carbonyl (C=O) groups is 3. The van der Waals surface area contributed by atoms with E-state index < -0.39 is 0 Å². The van der Waals surface area contributed by atoms with Crippen LogP contribution in [0.3, 0.4) is 0 Å². The van der Waals surface area contributed by atoms with Crippen LogP contribution in [0.25, 0.3) is 0 Å². The number of nitrogens with one attached hydrogen (secondary N) is 1. The van der Waals surface area contributed by atoms with Gasteiger partial charge in [-0.2, -0.15) is 0 Å². The van der Waals surface area contributed by atoms with Crippen molar-refractivity contribution in [1.29, 1.82) is 0 Å². The van der Waals surface area contributed by atoms with Crippen LogP contribution in [0.5, 0.6) is 0 Å². The lowest BCUT2D eigenvalue weighted by atomic mass is 9.88. The van der Waals surface area contributed by atoms with Gasteiger partial charge in [-0.3, -0.25) is 14.4 Å². The van der Waals surface area contributed by atoms with Crippen molar-refractivity contribution in [1.82, 2.24) is 5.32 Å². The number of ketones is 2. The zero-order valence-electron chi connectivity index (χ0n) is 14.5. The first kappa shape index (κ1) is 19.8. The van der Waals surface area contributed by atoms with Crippen LogP contribution in [0.1, 0.15) is 73.6 Å². The molecule has 4 heteroatoms. The first-order valence-corrected chi connectivity index (χ1v) is 7.78. The fourth-order valence-corrected chi connectivity index (χ4v) is 1.72. The molecule has 122 valence electrons. The van der Waals surface area contributed by atoms with Gasteiger partial charge in [-0.05, 0) is 12.8 Å². The van der Waals surface area contributed by atoms with Gasteiger partial charge in [0.05, 0.1) is 0 Å². The summed E-state index contributed by atoms with van der Waals surface area (Å²) in [5.74, 6) is 0.345. The van der Waals surface area contributed by atoms with E-state index in [0.717, 1.165) is 6.42 Å². The highest BCUT2D eigenvalue weighted by molar-refractivity contribution is 5.85. The van der Waals surface area contributed by atoms with Gasteiger partial charge in [0.2, 0.25) is 5.91 Å². The molecule has 4 nitrogen and oxygen atoms in total. The Balaban J connectivity index is 3.74. The number of hydrogen-bond donors (Lipinski definition) is 1. The van der Waals surface area contributed by atoms with Crippen molar-refractivity contribution in [3.05, 3.63) is 0 Å². The minimum Gasteiger partial charge on any atom is -0.356 e. The molecule has 0 rings (SSSR count). The van der Waals surface area contributed by atoms with Gasteiger partial charge in [-0.25, -0.2) is 0 Å². The van der Waals surface area contributed by atoms with Gasteiger partial charge in [0, 0.05) is 36.6 Å². The highest BCUT2D eigenvalue weighted by Crippen LogP contribution is 2.18. The molecule has 1 amide bonds. The molecule has 21 heavy (non-hydrogen) atoms. The zero-order chi connectivity index (χ0) is 16.7. The average molecular weight is 297 g/mol. The molecule has 0 heterocycles. The van der Waals surface area contributed by atoms with Gasteiger partial charge in [0.1, 0.15) is 11.6 Å². The number of hydrogen-bond acceptors (Lipinski definition) is 3. The number of rotatable bonds is 8. The van der Waals surface area contributed by atoms with Crippen molar-refractivity contribution in [2.45, 2.75) is 73.6 Å². The van der Waals surface area contributed by atoms with Crippen LogP contribution in [-0.2, 0) is 14.4 Å². The predicted octanol–water partition coefficient (Wildman–Crippen LogP) is 3.28. The molecule has 0 aliphatic carbocycles. The number of unbranched alkanes of at least 4 members (excludes halogenated alkanes) is 1. The second kappa shape index (κ2) is 8.30. The van der Waals surface area contributed by atoms with Crippen LogP contribution in [0.2, 0.25) is 0 Å². The van der Waals surface area contributed by atoms with E-state index in [9.17, 15) is 14.4 Å². The lowest BCUT2D eigenvalue weighted by Gasteiger charge is -2.16. The highest BCUT2D eigenvalue weighted by Gasteiger charge is 2.21. The summed E-state index contributed by atoms with van der Waals surface area (Å²) < 4.78 is 0. The molecule has 0 fully saturated rings. The van der Waals surface area contributed by atoms with E-state index in [1.165, 1.54) is 0 Å². The highest BCUT2D eigenvalue weighted by atomic mass is 16.2. The maximum Gasteiger partial charge on any atom is 0.220 e. The van der Waals surface area contributed by atoms with E-state index in [2.05, 4.69) is 5.32 Å². The van der Waals surface area contributed by atoms with Crippen LogP contribution in [0.15, 0.2) is 0 Å². The summed E-state index contributed by atoms with van der Waals surface area (Å²) in [4.78, 5) is 35.0. The Kier molecular flexibility index (Phi) is 7.83. The summed E-state index contributed by atoms with van der Waals surface area (Å²) in [6, 6.07) is 0. The zero-order valence-corrected chi connectivity index (χ0v) is 14.5. The first-order chi connectivity index (χ1) is 9.44. The van der Waals surface area contributed by atoms with Crippen molar-refractivity contribution in [2.75, 3.05) is 6.54 Å². The summed E-state index contributed by atoms with van der Waals surface area (Å²) in [5.41, 5.74) is -0.645. The first-order valence-electron chi connectivity index (χ1n) is 7.78. The molecule has 0 saturated carbocycles. The Hall–Kier alpha value is -1.19. The van der Waals surface area contributed by atoms with E-state index >= 15 is 0 Å². The summed E-state index contributed by atoms with van der Waals surface area (Å²) in [5, 5.41) is 2.76. The van der Waals surface area contributed by atoms with E-state index in [4.69, 9.17) is 0 Å². The molecule has 0 atom stereocenters. The van der Waals surface area contributed by atoms with Crippen LogP contribution in [-0.4, -0.2) is 24.0 Å². The van der Waals surface area contributed by atoms with Crippen LogP contribution >= 0.6 is 0 Å². The minimum absolute atomic E-state index is 0.0417. The topological polar surface area (TPSA) is 63.2 Å². The number of carbonyl (C=O) groups excluding carboxylic acids is 3. The van der Waals surface area contributed by atoms with E-state index in [0.29, 0.717) is 32.2 Å². The third-order valence-corrected chi connectivity index (χ3v) is 3.40.